The average molecular weight is 269 g/mol. The van der Waals surface area contributed by atoms with Gasteiger partial charge in [-0.2, -0.15) is 11.8 Å². The Kier molecular flexibility index (Phi) is 5.68. The van der Waals surface area contributed by atoms with Crippen molar-refractivity contribution >= 4 is 23.4 Å². The van der Waals surface area contributed by atoms with Crippen molar-refractivity contribution in [1.29, 1.82) is 0 Å². The summed E-state index contributed by atoms with van der Waals surface area (Å²) in [4.78, 5) is 11.1. The van der Waals surface area contributed by atoms with Crippen LogP contribution in [-0.2, 0) is 0 Å². The molecule has 6 heteroatoms. The Morgan fingerprint density at radius 1 is 1.39 bits per heavy atom. The highest BCUT2D eigenvalue weighted by atomic mass is 32.2. The minimum Gasteiger partial charge on any atom is -0.355 e. The highest BCUT2D eigenvalue weighted by Crippen LogP contribution is 2.25. The van der Waals surface area contributed by atoms with Gasteiger partial charge in [-0.3, -0.25) is 0 Å². The molecule has 3 N–H and O–H groups in total. The monoisotopic (exact) mass is 269 g/mol. The van der Waals surface area contributed by atoms with Crippen LogP contribution in [0, 0.1) is 13.8 Å². The van der Waals surface area contributed by atoms with E-state index in [9.17, 15) is 0 Å². The van der Waals surface area contributed by atoms with Crippen LogP contribution in [0.3, 0.4) is 0 Å². The number of rotatable bonds is 6. The molecule has 0 aromatic carbocycles. The van der Waals surface area contributed by atoms with Crippen molar-refractivity contribution in [3.63, 3.8) is 0 Å². The van der Waals surface area contributed by atoms with Crippen LogP contribution >= 0.6 is 11.8 Å². The van der Waals surface area contributed by atoms with Gasteiger partial charge >= 0.3 is 0 Å². The number of nitrogens with one attached hydrogen (secondary N) is 1. The minimum atomic E-state index is 0.471. The van der Waals surface area contributed by atoms with Crippen molar-refractivity contribution in [1.82, 2.24) is 9.97 Å². The van der Waals surface area contributed by atoms with Gasteiger partial charge in [0.1, 0.15) is 17.5 Å². The summed E-state index contributed by atoms with van der Waals surface area (Å²) in [5.41, 5.74) is 3.63. The molecule has 0 fully saturated rings. The first-order chi connectivity index (χ1) is 8.54. The molecule has 0 spiro atoms. The zero-order valence-electron chi connectivity index (χ0n) is 11.8. The molecule has 1 rings (SSSR count). The second kappa shape index (κ2) is 6.80. The molecule has 0 aliphatic rings. The second-order valence-corrected chi connectivity index (χ2v) is 5.25. The van der Waals surface area contributed by atoms with E-state index in [1.54, 1.807) is 0 Å². The van der Waals surface area contributed by atoms with Crippen LogP contribution in [0.1, 0.15) is 24.7 Å². The molecule has 102 valence electrons. The van der Waals surface area contributed by atoms with E-state index < -0.39 is 0 Å². The summed E-state index contributed by atoms with van der Waals surface area (Å²) in [6.07, 6.45) is 3.21. The lowest BCUT2D eigenvalue weighted by Gasteiger charge is -2.29. The maximum Gasteiger partial charge on any atom is 0.148 e. The van der Waals surface area contributed by atoms with Crippen molar-refractivity contribution in [2.75, 3.05) is 29.4 Å². The molecule has 1 aromatic heterocycles. The van der Waals surface area contributed by atoms with E-state index in [1.807, 2.05) is 25.6 Å². The number of nitrogen functional groups attached to an aromatic ring is 1. The first-order valence-corrected chi connectivity index (χ1v) is 7.48. The zero-order chi connectivity index (χ0) is 13.7. The van der Waals surface area contributed by atoms with Crippen LogP contribution in [0.4, 0.5) is 11.6 Å². The molecule has 0 saturated heterocycles. The highest BCUT2D eigenvalue weighted by Gasteiger charge is 2.18. The van der Waals surface area contributed by atoms with Crippen molar-refractivity contribution in [2.24, 2.45) is 5.84 Å². The van der Waals surface area contributed by atoms with Crippen LogP contribution in [0.25, 0.3) is 0 Å². The standard InChI is InChI=1S/C12H23N5S/c1-6-10(7-18-5)17(4)12-8(2)11(16-13)14-9(3)15-12/h10H,6-7,13H2,1-5H3,(H,14,15,16). The number of hydrogen-bond donors (Lipinski definition) is 2. The molecule has 18 heavy (non-hydrogen) atoms. The van der Waals surface area contributed by atoms with Gasteiger partial charge in [-0.15, -0.1) is 0 Å². The molecule has 1 aromatic rings. The maximum atomic E-state index is 5.49. The Bertz CT molecular complexity index is 396. The van der Waals surface area contributed by atoms with E-state index >= 15 is 0 Å². The number of hydrogen-bond acceptors (Lipinski definition) is 6. The summed E-state index contributed by atoms with van der Waals surface area (Å²) in [5, 5.41) is 0. The maximum absolute atomic E-state index is 5.49. The van der Waals surface area contributed by atoms with Gasteiger partial charge in [0.25, 0.3) is 0 Å². The van der Waals surface area contributed by atoms with Gasteiger partial charge in [0.15, 0.2) is 0 Å². The van der Waals surface area contributed by atoms with Crippen LogP contribution in [-0.4, -0.2) is 35.1 Å². The summed E-state index contributed by atoms with van der Waals surface area (Å²) in [7, 11) is 2.08. The van der Waals surface area contributed by atoms with Gasteiger partial charge in [0.05, 0.1) is 0 Å². The van der Waals surface area contributed by atoms with Crippen LogP contribution in [0.2, 0.25) is 0 Å². The van der Waals surface area contributed by atoms with E-state index in [1.165, 1.54) is 0 Å². The lowest BCUT2D eigenvalue weighted by molar-refractivity contribution is 0.662. The van der Waals surface area contributed by atoms with Gasteiger partial charge in [0, 0.05) is 24.4 Å². The highest BCUT2D eigenvalue weighted by molar-refractivity contribution is 7.98. The fourth-order valence-electron chi connectivity index (χ4n) is 1.97. The molecule has 0 saturated carbocycles. The summed E-state index contributed by atoms with van der Waals surface area (Å²) >= 11 is 1.85. The fourth-order valence-corrected chi connectivity index (χ4v) is 2.81. The normalized spacial score (nSPS) is 12.3. The van der Waals surface area contributed by atoms with E-state index in [0.717, 1.165) is 29.4 Å². The minimum absolute atomic E-state index is 0.471. The molecule has 0 aliphatic heterocycles. The molecular weight excluding hydrogens is 246 g/mol. The molecule has 0 aliphatic carbocycles. The second-order valence-electron chi connectivity index (χ2n) is 4.34. The van der Waals surface area contributed by atoms with Gasteiger partial charge in [-0.25, -0.2) is 15.8 Å². The van der Waals surface area contributed by atoms with Gasteiger partial charge in [-0.1, -0.05) is 6.92 Å². The van der Waals surface area contributed by atoms with E-state index in [0.29, 0.717) is 11.9 Å². The third kappa shape index (κ3) is 3.26. The molecule has 1 unspecified atom stereocenters. The predicted molar refractivity (Wildman–Crippen MR) is 80.2 cm³/mol. The number of hydrazine groups is 1. The fraction of sp³-hybridized carbons (Fsp3) is 0.667. The summed E-state index contributed by atoms with van der Waals surface area (Å²) in [6.45, 7) is 6.07. The molecule has 5 nitrogen and oxygen atoms in total. The lowest BCUT2D eigenvalue weighted by Crippen LogP contribution is -2.34. The number of thioether (sulfide) groups is 1. The van der Waals surface area contributed by atoms with Crippen LogP contribution in [0.15, 0.2) is 0 Å². The first-order valence-electron chi connectivity index (χ1n) is 6.08. The molecule has 0 radical (unpaired) electrons. The summed E-state index contributed by atoms with van der Waals surface area (Å²) < 4.78 is 0. The third-order valence-electron chi connectivity index (χ3n) is 3.08. The van der Waals surface area contributed by atoms with Crippen molar-refractivity contribution in [3.8, 4) is 0 Å². The van der Waals surface area contributed by atoms with Crippen molar-refractivity contribution in [3.05, 3.63) is 11.4 Å². The molecule has 0 amide bonds. The molecule has 1 heterocycles. The van der Waals surface area contributed by atoms with Crippen molar-refractivity contribution < 1.29 is 0 Å². The van der Waals surface area contributed by atoms with Crippen LogP contribution < -0.4 is 16.2 Å². The Morgan fingerprint density at radius 2 is 2.06 bits per heavy atom. The average Bonchev–Trinajstić information content (AvgIpc) is 2.37. The third-order valence-corrected chi connectivity index (χ3v) is 3.80. The Morgan fingerprint density at radius 3 is 2.56 bits per heavy atom. The van der Waals surface area contributed by atoms with Crippen molar-refractivity contribution in [2.45, 2.75) is 33.2 Å². The summed E-state index contributed by atoms with van der Waals surface area (Å²) in [5.74, 6) is 8.96. The number of aryl methyl sites for hydroxylation is 1. The number of nitrogens with two attached hydrogens (primary N) is 1. The lowest BCUT2D eigenvalue weighted by atomic mass is 10.2. The Hall–Kier alpha value is -1.01. The van der Waals surface area contributed by atoms with E-state index in [2.05, 4.69) is 40.5 Å². The Labute approximate surface area is 114 Å². The van der Waals surface area contributed by atoms with E-state index in [4.69, 9.17) is 5.84 Å². The predicted octanol–water partition coefficient (Wildman–Crippen LogP) is 1.96. The van der Waals surface area contributed by atoms with Gasteiger partial charge < -0.3 is 10.3 Å². The largest absolute Gasteiger partial charge is 0.355 e. The molecule has 0 bridgehead atoms. The molecular formula is C12H23N5S. The Balaban J connectivity index is 3.11. The van der Waals surface area contributed by atoms with Gasteiger partial charge in [-0.05, 0) is 26.5 Å². The van der Waals surface area contributed by atoms with Crippen LogP contribution in [0.5, 0.6) is 0 Å². The quantitative estimate of drug-likeness (QED) is 0.608. The smallest absolute Gasteiger partial charge is 0.148 e. The number of aromatic nitrogens is 2. The molecule has 1 atom stereocenters. The SMILES string of the molecule is CCC(CSC)N(C)c1nc(C)nc(NN)c1C. The van der Waals surface area contributed by atoms with Gasteiger partial charge in [0.2, 0.25) is 0 Å². The topological polar surface area (TPSA) is 67.1 Å². The first kappa shape index (κ1) is 15.0. The number of nitrogens with zero attached hydrogens (tertiary/aromatic N) is 3. The van der Waals surface area contributed by atoms with E-state index in [-0.39, 0.29) is 0 Å². The number of anilines is 2. The summed E-state index contributed by atoms with van der Waals surface area (Å²) in [6, 6.07) is 0.471. The zero-order valence-corrected chi connectivity index (χ0v) is 12.6.